The zero-order valence-corrected chi connectivity index (χ0v) is 11.1. The lowest BCUT2D eigenvalue weighted by Gasteiger charge is -2.36. The van der Waals surface area contributed by atoms with E-state index in [2.05, 4.69) is 14.9 Å². The smallest absolute Gasteiger partial charge is 0.265 e. The van der Waals surface area contributed by atoms with Crippen molar-refractivity contribution in [2.24, 2.45) is 0 Å². The monoisotopic (exact) mass is 275 g/mol. The van der Waals surface area contributed by atoms with E-state index in [1.165, 1.54) is 0 Å². The molecule has 1 N–H and O–H groups in total. The predicted octanol–water partition coefficient (Wildman–Crippen LogP) is 1.36. The number of hydrogen-bond acceptors (Lipinski definition) is 5. The van der Waals surface area contributed by atoms with Gasteiger partial charge < -0.3 is 10.1 Å². The Balaban J connectivity index is 2.08. The fraction of sp³-hybridized carbons (Fsp3) is 0.700. The third-order valence-electron chi connectivity index (χ3n) is 2.94. The van der Waals surface area contributed by atoms with Crippen molar-refractivity contribution in [1.29, 1.82) is 0 Å². The highest BCUT2D eigenvalue weighted by atomic mass is 35.5. The van der Waals surface area contributed by atoms with E-state index in [1.54, 1.807) is 6.92 Å². The molecule has 1 amide bonds. The Labute approximate surface area is 109 Å². The Morgan fingerprint density at radius 2 is 2.29 bits per heavy atom. The Bertz CT molecular complexity index is 404. The van der Waals surface area contributed by atoms with Gasteiger partial charge >= 0.3 is 0 Å². The first-order valence-electron chi connectivity index (χ1n) is 5.42. The molecule has 0 saturated carbocycles. The van der Waals surface area contributed by atoms with E-state index in [4.69, 9.17) is 16.3 Å². The summed E-state index contributed by atoms with van der Waals surface area (Å²) in [7, 11) is 0. The van der Waals surface area contributed by atoms with Crippen LogP contribution in [0.15, 0.2) is 0 Å². The lowest BCUT2D eigenvalue weighted by atomic mass is 9.92. The van der Waals surface area contributed by atoms with Gasteiger partial charge in [-0.15, -0.1) is 16.7 Å². The molecule has 1 fully saturated rings. The number of rotatable bonds is 3. The highest BCUT2D eigenvalue weighted by Crippen LogP contribution is 2.23. The van der Waals surface area contributed by atoms with Gasteiger partial charge in [-0.05, 0) is 31.3 Å². The molecule has 1 aliphatic rings. The third kappa shape index (κ3) is 2.75. The SMILES string of the molecule is Cc1nnsc1C(=O)NC1(CCl)CCOCC1. The Kier molecular flexibility index (Phi) is 3.96. The van der Waals surface area contributed by atoms with E-state index in [-0.39, 0.29) is 11.4 Å². The molecule has 0 radical (unpaired) electrons. The first-order chi connectivity index (χ1) is 8.17. The van der Waals surface area contributed by atoms with E-state index >= 15 is 0 Å². The molecule has 2 heterocycles. The molecule has 0 unspecified atom stereocenters. The summed E-state index contributed by atoms with van der Waals surface area (Å²) in [5.74, 6) is 0.257. The topological polar surface area (TPSA) is 64.1 Å². The van der Waals surface area contributed by atoms with Crippen molar-refractivity contribution in [3.05, 3.63) is 10.6 Å². The molecule has 0 aromatic carbocycles. The van der Waals surface area contributed by atoms with Gasteiger partial charge in [-0.3, -0.25) is 4.79 Å². The Morgan fingerprint density at radius 3 is 2.82 bits per heavy atom. The first kappa shape index (κ1) is 12.7. The van der Waals surface area contributed by atoms with Gasteiger partial charge in [-0.1, -0.05) is 4.49 Å². The molecule has 2 rings (SSSR count). The summed E-state index contributed by atoms with van der Waals surface area (Å²) in [4.78, 5) is 12.6. The Hall–Kier alpha value is -0.720. The molecule has 1 aliphatic heterocycles. The number of ether oxygens (including phenoxy) is 1. The molecule has 17 heavy (non-hydrogen) atoms. The number of nitrogens with zero attached hydrogens (tertiary/aromatic N) is 2. The molecule has 1 saturated heterocycles. The molecular weight excluding hydrogens is 262 g/mol. The number of halogens is 1. The number of carbonyl (C=O) groups is 1. The van der Waals surface area contributed by atoms with Crippen molar-refractivity contribution in [2.75, 3.05) is 19.1 Å². The standard InChI is InChI=1S/C10H14ClN3O2S/c1-7-8(17-14-13-7)9(15)12-10(6-11)2-4-16-5-3-10/h2-6H2,1H3,(H,12,15). The number of alkyl halides is 1. The van der Waals surface area contributed by atoms with E-state index in [9.17, 15) is 4.79 Å². The fourth-order valence-corrected chi connectivity index (χ4v) is 2.68. The zero-order valence-electron chi connectivity index (χ0n) is 9.53. The van der Waals surface area contributed by atoms with Crippen molar-refractivity contribution in [1.82, 2.24) is 14.9 Å². The van der Waals surface area contributed by atoms with E-state index < -0.39 is 0 Å². The minimum Gasteiger partial charge on any atom is -0.381 e. The molecule has 0 bridgehead atoms. The van der Waals surface area contributed by atoms with Crippen LogP contribution in [0.25, 0.3) is 0 Å². The quantitative estimate of drug-likeness (QED) is 0.846. The van der Waals surface area contributed by atoms with E-state index in [0.29, 0.717) is 29.7 Å². The van der Waals surface area contributed by atoms with Crippen molar-refractivity contribution in [3.8, 4) is 0 Å². The molecule has 94 valence electrons. The van der Waals surface area contributed by atoms with Crippen LogP contribution in [0.5, 0.6) is 0 Å². The second-order valence-corrected chi connectivity index (χ2v) is 5.19. The van der Waals surface area contributed by atoms with Crippen LogP contribution in [0.1, 0.15) is 28.2 Å². The van der Waals surface area contributed by atoms with Crippen LogP contribution >= 0.6 is 23.1 Å². The number of carbonyl (C=O) groups excluding carboxylic acids is 1. The van der Waals surface area contributed by atoms with Gasteiger partial charge in [0.1, 0.15) is 4.88 Å². The third-order valence-corrected chi connectivity index (χ3v) is 4.28. The molecule has 1 aromatic heterocycles. The summed E-state index contributed by atoms with van der Waals surface area (Å²) >= 11 is 7.09. The lowest BCUT2D eigenvalue weighted by Crippen LogP contribution is -2.53. The maximum Gasteiger partial charge on any atom is 0.265 e. The van der Waals surface area contributed by atoms with Crippen LogP contribution in [0, 0.1) is 6.92 Å². The van der Waals surface area contributed by atoms with Crippen LogP contribution in [0.4, 0.5) is 0 Å². The summed E-state index contributed by atoms with van der Waals surface area (Å²) in [5, 5.41) is 6.83. The normalized spacial score (nSPS) is 18.9. The molecule has 0 spiro atoms. The number of aryl methyl sites for hydroxylation is 1. The maximum absolute atomic E-state index is 12.1. The van der Waals surface area contributed by atoms with Crippen LogP contribution in [0.3, 0.4) is 0 Å². The second kappa shape index (κ2) is 5.29. The van der Waals surface area contributed by atoms with Gasteiger partial charge in [0.25, 0.3) is 5.91 Å². The molecule has 0 atom stereocenters. The highest BCUT2D eigenvalue weighted by Gasteiger charge is 2.34. The summed E-state index contributed by atoms with van der Waals surface area (Å²) in [5.41, 5.74) is 0.303. The summed E-state index contributed by atoms with van der Waals surface area (Å²) < 4.78 is 9.05. The van der Waals surface area contributed by atoms with E-state index in [0.717, 1.165) is 24.4 Å². The molecule has 7 heteroatoms. The lowest BCUT2D eigenvalue weighted by molar-refractivity contribution is 0.0435. The van der Waals surface area contributed by atoms with Gasteiger partial charge in [0.15, 0.2) is 0 Å². The molecule has 0 aliphatic carbocycles. The average molecular weight is 276 g/mol. The fourth-order valence-electron chi connectivity index (χ4n) is 1.79. The number of hydrogen-bond donors (Lipinski definition) is 1. The van der Waals surface area contributed by atoms with Crippen LogP contribution < -0.4 is 5.32 Å². The van der Waals surface area contributed by atoms with Gasteiger partial charge in [0, 0.05) is 19.1 Å². The van der Waals surface area contributed by atoms with Crippen LogP contribution in [-0.2, 0) is 4.74 Å². The first-order valence-corrected chi connectivity index (χ1v) is 6.73. The minimum atomic E-state index is -0.354. The number of aromatic nitrogens is 2. The van der Waals surface area contributed by atoms with Crippen molar-refractivity contribution < 1.29 is 9.53 Å². The van der Waals surface area contributed by atoms with Gasteiger partial charge in [-0.25, -0.2) is 0 Å². The predicted molar refractivity (Wildman–Crippen MR) is 65.6 cm³/mol. The molecule has 5 nitrogen and oxygen atoms in total. The zero-order chi connectivity index (χ0) is 12.3. The van der Waals surface area contributed by atoms with Gasteiger partial charge in [0.05, 0.1) is 11.2 Å². The molecular formula is C10H14ClN3O2S. The molecule has 1 aromatic rings. The Morgan fingerprint density at radius 1 is 1.59 bits per heavy atom. The van der Waals surface area contributed by atoms with Crippen molar-refractivity contribution >= 4 is 29.0 Å². The summed E-state index contributed by atoms with van der Waals surface area (Å²) in [6.07, 6.45) is 1.49. The van der Waals surface area contributed by atoms with E-state index in [1.807, 2.05) is 0 Å². The maximum atomic E-state index is 12.1. The number of nitrogens with one attached hydrogen (secondary N) is 1. The number of amides is 1. The summed E-state index contributed by atoms with van der Waals surface area (Å²) in [6.45, 7) is 3.04. The van der Waals surface area contributed by atoms with Crippen LogP contribution in [0.2, 0.25) is 0 Å². The van der Waals surface area contributed by atoms with Crippen molar-refractivity contribution in [2.45, 2.75) is 25.3 Å². The van der Waals surface area contributed by atoms with Gasteiger partial charge in [0.2, 0.25) is 0 Å². The average Bonchev–Trinajstić information content (AvgIpc) is 2.77. The van der Waals surface area contributed by atoms with Crippen LogP contribution in [-0.4, -0.2) is 40.1 Å². The van der Waals surface area contributed by atoms with Gasteiger partial charge in [-0.2, -0.15) is 0 Å². The summed E-state index contributed by atoms with van der Waals surface area (Å²) in [6, 6.07) is 0. The second-order valence-electron chi connectivity index (χ2n) is 4.17. The minimum absolute atomic E-state index is 0.139. The highest BCUT2D eigenvalue weighted by molar-refractivity contribution is 7.08. The largest absolute Gasteiger partial charge is 0.381 e. The van der Waals surface area contributed by atoms with Crippen molar-refractivity contribution in [3.63, 3.8) is 0 Å².